The summed E-state index contributed by atoms with van der Waals surface area (Å²) in [4.78, 5) is 21.5. The summed E-state index contributed by atoms with van der Waals surface area (Å²) in [6.45, 7) is 2.09. The Balaban J connectivity index is 2.69. The van der Waals surface area contributed by atoms with Gasteiger partial charge in [0.2, 0.25) is 0 Å². The molecule has 0 unspecified atom stereocenters. The van der Waals surface area contributed by atoms with E-state index in [9.17, 15) is 9.59 Å². The molecule has 0 saturated carbocycles. The molecule has 0 aliphatic rings. The standard InChI is InChI=1S/C13H11ClO3/c1-2-17-13(16)5-3-4-10-6-7-11(9-15)12(14)8-10/h6-9H,2,5H2,1H3. The van der Waals surface area contributed by atoms with E-state index in [2.05, 4.69) is 11.8 Å². The smallest absolute Gasteiger partial charge is 0.317 e. The molecule has 1 aromatic rings. The Hall–Kier alpha value is -1.79. The first-order valence-corrected chi connectivity index (χ1v) is 5.44. The van der Waals surface area contributed by atoms with Gasteiger partial charge in [-0.25, -0.2) is 0 Å². The fraction of sp³-hybridized carbons (Fsp3) is 0.231. The molecule has 0 spiro atoms. The van der Waals surface area contributed by atoms with Crippen molar-refractivity contribution in [3.63, 3.8) is 0 Å². The van der Waals surface area contributed by atoms with Crippen molar-refractivity contribution in [2.45, 2.75) is 13.3 Å². The van der Waals surface area contributed by atoms with Crippen molar-refractivity contribution in [3.8, 4) is 11.8 Å². The number of aldehydes is 1. The van der Waals surface area contributed by atoms with Crippen LogP contribution in [0.4, 0.5) is 0 Å². The Morgan fingerprint density at radius 2 is 2.29 bits per heavy atom. The summed E-state index contributed by atoms with van der Waals surface area (Å²) in [5.41, 5.74) is 1.08. The molecule has 1 rings (SSSR count). The van der Waals surface area contributed by atoms with Crippen molar-refractivity contribution in [1.82, 2.24) is 0 Å². The largest absolute Gasteiger partial charge is 0.465 e. The van der Waals surface area contributed by atoms with Gasteiger partial charge in [-0.05, 0) is 25.1 Å². The summed E-state index contributed by atoms with van der Waals surface area (Å²) in [7, 11) is 0. The fourth-order valence-electron chi connectivity index (χ4n) is 1.13. The van der Waals surface area contributed by atoms with Crippen LogP contribution in [-0.2, 0) is 9.53 Å². The highest BCUT2D eigenvalue weighted by atomic mass is 35.5. The lowest BCUT2D eigenvalue weighted by Gasteiger charge is -1.96. The van der Waals surface area contributed by atoms with Gasteiger partial charge in [0.15, 0.2) is 6.29 Å². The van der Waals surface area contributed by atoms with Gasteiger partial charge in [-0.15, -0.1) is 0 Å². The van der Waals surface area contributed by atoms with Gasteiger partial charge in [0.1, 0.15) is 6.42 Å². The maximum atomic E-state index is 11.0. The molecule has 0 amide bonds. The van der Waals surface area contributed by atoms with Gasteiger partial charge >= 0.3 is 5.97 Å². The zero-order chi connectivity index (χ0) is 12.7. The Kier molecular flexibility index (Phi) is 5.25. The van der Waals surface area contributed by atoms with E-state index >= 15 is 0 Å². The molecule has 17 heavy (non-hydrogen) atoms. The third kappa shape index (κ3) is 4.29. The lowest BCUT2D eigenvalue weighted by molar-refractivity contribution is -0.141. The van der Waals surface area contributed by atoms with Gasteiger partial charge in [-0.1, -0.05) is 23.4 Å². The number of ether oxygens (including phenoxy) is 1. The van der Waals surface area contributed by atoms with Crippen LogP contribution in [0.2, 0.25) is 5.02 Å². The molecule has 4 heteroatoms. The third-order valence-electron chi connectivity index (χ3n) is 1.90. The highest BCUT2D eigenvalue weighted by molar-refractivity contribution is 6.33. The molecule has 0 aromatic heterocycles. The quantitative estimate of drug-likeness (QED) is 0.470. The minimum Gasteiger partial charge on any atom is -0.465 e. The highest BCUT2D eigenvalue weighted by Gasteiger charge is 1.99. The summed E-state index contributed by atoms with van der Waals surface area (Å²) in [5.74, 6) is 5.10. The van der Waals surface area contributed by atoms with Crippen LogP contribution in [0, 0.1) is 11.8 Å². The molecule has 88 valence electrons. The maximum Gasteiger partial charge on any atom is 0.317 e. The predicted molar refractivity (Wildman–Crippen MR) is 65.0 cm³/mol. The van der Waals surface area contributed by atoms with E-state index in [0.29, 0.717) is 29.0 Å². The molecule has 0 N–H and O–H groups in total. The second kappa shape index (κ2) is 6.72. The molecule has 3 nitrogen and oxygen atoms in total. The number of benzene rings is 1. The molecular formula is C13H11ClO3. The van der Waals surface area contributed by atoms with Gasteiger partial charge in [0.25, 0.3) is 0 Å². The van der Waals surface area contributed by atoms with Gasteiger partial charge in [-0.2, -0.15) is 0 Å². The van der Waals surface area contributed by atoms with Crippen LogP contribution in [0.25, 0.3) is 0 Å². The van der Waals surface area contributed by atoms with Crippen LogP contribution in [-0.4, -0.2) is 18.9 Å². The van der Waals surface area contributed by atoms with Crippen LogP contribution in [0.5, 0.6) is 0 Å². The maximum absolute atomic E-state index is 11.0. The molecule has 0 radical (unpaired) electrons. The van der Waals surface area contributed by atoms with Crippen LogP contribution < -0.4 is 0 Å². The SMILES string of the molecule is CCOC(=O)CC#Cc1ccc(C=O)c(Cl)c1. The summed E-state index contributed by atoms with van der Waals surface area (Å²) in [6, 6.07) is 4.85. The first-order chi connectivity index (χ1) is 8.17. The molecule has 1 aromatic carbocycles. The van der Waals surface area contributed by atoms with E-state index in [1.807, 2.05) is 0 Å². The van der Waals surface area contributed by atoms with E-state index in [1.165, 1.54) is 0 Å². The number of carbonyl (C=O) groups excluding carboxylic acids is 2. The predicted octanol–water partition coefficient (Wildman–Crippen LogP) is 2.46. The molecule has 0 atom stereocenters. The Bertz CT molecular complexity index is 483. The number of rotatable bonds is 3. The monoisotopic (exact) mass is 250 g/mol. The number of carbonyl (C=O) groups is 2. The molecule has 0 fully saturated rings. The zero-order valence-corrected chi connectivity index (χ0v) is 10.1. The van der Waals surface area contributed by atoms with Crippen molar-refractivity contribution in [2.24, 2.45) is 0 Å². The number of hydrogen-bond donors (Lipinski definition) is 0. The summed E-state index contributed by atoms with van der Waals surface area (Å²) in [6.07, 6.45) is 0.721. The fourth-order valence-corrected chi connectivity index (χ4v) is 1.36. The molecule has 0 saturated heterocycles. The second-order valence-corrected chi connectivity index (χ2v) is 3.54. The Labute approximate surface area is 105 Å². The lowest BCUT2D eigenvalue weighted by atomic mass is 10.1. The van der Waals surface area contributed by atoms with Crippen molar-refractivity contribution < 1.29 is 14.3 Å². The van der Waals surface area contributed by atoms with E-state index in [-0.39, 0.29) is 12.4 Å². The van der Waals surface area contributed by atoms with E-state index < -0.39 is 0 Å². The van der Waals surface area contributed by atoms with Gasteiger partial charge in [0, 0.05) is 11.1 Å². The van der Waals surface area contributed by atoms with Crippen molar-refractivity contribution >= 4 is 23.9 Å². The van der Waals surface area contributed by atoms with Crippen LogP contribution in [0.15, 0.2) is 18.2 Å². The van der Waals surface area contributed by atoms with Crippen molar-refractivity contribution in [1.29, 1.82) is 0 Å². The van der Waals surface area contributed by atoms with Crippen LogP contribution >= 0.6 is 11.6 Å². The average Bonchev–Trinajstić information content (AvgIpc) is 2.29. The summed E-state index contributed by atoms with van der Waals surface area (Å²) in [5, 5.41) is 0.350. The van der Waals surface area contributed by atoms with Crippen LogP contribution in [0.3, 0.4) is 0 Å². The van der Waals surface area contributed by atoms with E-state index in [4.69, 9.17) is 16.3 Å². The topological polar surface area (TPSA) is 43.4 Å². The summed E-state index contributed by atoms with van der Waals surface area (Å²) < 4.78 is 4.73. The minimum absolute atomic E-state index is 0.0426. The first-order valence-electron chi connectivity index (χ1n) is 5.06. The molecule has 0 aliphatic carbocycles. The summed E-state index contributed by atoms with van der Waals surface area (Å²) >= 11 is 5.83. The number of hydrogen-bond acceptors (Lipinski definition) is 3. The molecule has 0 aliphatic heterocycles. The van der Waals surface area contributed by atoms with Crippen molar-refractivity contribution in [2.75, 3.05) is 6.61 Å². The highest BCUT2D eigenvalue weighted by Crippen LogP contribution is 2.15. The first kappa shape index (κ1) is 13.3. The number of esters is 1. The minimum atomic E-state index is -0.351. The van der Waals surface area contributed by atoms with E-state index in [0.717, 1.165) is 0 Å². The van der Waals surface area contributed by atoms with Gasteiger partial charge in [-0.3, -0.25) is 9.59 Å². The molecule has 0 heterocycles. The van der Waals surface area contributed by atoms with Gasteiger partial charge < -0.3 is 4.74 Å². The lowest BCUT2D eigenvalue weighted by Crippen LogP contribution is -2.01. The normalized spacial score (nSPS) is 9.06. The zero-order valence-electron chi connectivity index (χ0n) is 9.33. The van der Waals surface area contributed by atoms with E-state index in [1.54, 1.807) is 25.1 Å². The Morgan fingerprint density at radius 3 is 2.88 bits per heavy atom. The second-order valence-electron chi connectivity index (χ2n) is 3.14. The number of halogens is 1. The molecular weight excluding hydrogens is 240 g/mol. The Morgan fingerprint density at radius 1 is 1.53 bits per heavy atom. The van der Waals surface area contributed by atoms with Crippen LogP contribution in [0.1, 0.15) is 29.3 Å². The average molecular weight is 251 g/mol. The van der Waals surface area contributed by atoms with Gasteiger partial charge in [0.05, 0.1) is 11.6 Å². The van der Waals surface area contributed by atoms with Crippen molar-refractivity contribution in [3.05, 3.63) is 34.3 Å². The third-order valence-corrected chi connectivity index (χ3v) is 2.23. The molecule has 0 bridgehead atoms.